The Kier molecular flexibility index (Phi) is 5.63. The van der Waals surface area contributed by atoms with Crippen molar-refractivity contribution in [2.45, 2.75) is 37.7 Å². The monoisotopic (exact) mass is 452 g/mol. The Morgan fingerprint density at radius 3 is 2.60 bits per heavy atom. The number of hydrogen-bond donors (Lipinski definition) is 1. The lowest BCUT2D eigenvalue weighted by Crippen LogP contribution is -2.49. The summed E-state index contributed by atoms with van der Waals surface area (Å²) in [5.74, 6) is -3.66. The van der Waals surface area contributed by atoms with Gasteiger partial charge >= 0.3 is 6.18 Å². The molecule has 0 unspecified atom stereocenters. The van der Waals surface area contributed by atoms with Gasteiger partial charge in [-0.25, -0.2) is 26.7 Å². The summed E-state index contributed by atoms with van der Waals surface area (Å²) < 4.78 is 93.3. The Bertz CT molecular complexity index is 1110. The van der Waals surface area contributed by atoms with Gasteiger partial charge in [0.25, 0.3) is 0 Å². The summed E-state index contributed by atoms with van der Waals surface area (Å²) in [6, 6.07) is 0.524. The predicted octanol–water partition coefficient (Wildman–Crippen LogP) is 2.19. The van der Waals surface area contributed by atoms with Crippen molar-refractivity contribution in [1.82, 2.24) is 18.9 Å². The number of fused-ring (bicyclic) bond motifs is 1. The minimum Gasteiger partial charge on any atom is -0.347 e. The first-order chi connectivity index (χ1) is 13.8. The molecule has 1 N–H and O–H groups in total. The number of piperidine rings is 1. The fourth-order valence-electron chi connectivity index (χ4n) is 3.27. The smallest absolute Gasteiger partial charge is 0.347 e. The molecule has 30 heavy (non-hydrogen) atoms. The number of aromatic nitrogens is 3. The van der Waals surface area contributed by atoms with Crippen LogP contribution in [0.2, 0.25) is 0 Å². The molecule has 0 aromatic carbocycles. The molecule has 1 saturated heterocycles. The van der Waals surface area contributed by atoms with E-state index in [1.165, 1.54) is 6.07 Å². The molecule has 3 atom stereocenters. The summed E-state index contributed by atoms with van der Waals surface area (Å²) in [5, 5.41) is 15.6. The van der Waals surface area contributed by atoms with Gasteiger partial charge in [0.15, 0.2) is 5.82 Å². The molecule has 8 nitrogen and oxygen atoms in total. The average molecular weight is 452 g/mol. The van der Waals surface area contributed by atoms with E-state index in [2.05, 4.69) is 15.4 Å². The van der Waals surface area contributed by atoms with Crippen LogP contribution in [0, 0.1) is 17.1 Å². The van der Waals surface area contributed by atoms with E-state index in [4.69, 9.17) is 5.26 Å². The molecule has 1 aliphatic heterocycles. The van der Waals surface area contributed by atoms with E-state index in [-0.39, 0.29) is 18.9 Å². The van der Waals surface area contributed by atoms with E-state index < -0.39 is 63.5 Å². The molecule has 14 heteroatoms. The maximum absolute atomic E-state index is 14.4. The summed E-state index contributed by atoms with van der Waals surface area (Å²) in [7, 11) is -3.57. The van der Waals surface area contributed by atoms with Crippen LogP contribution in [0.25, 0.3) is 5.52 Å². The van der Waals surface area contributed by atoms with E-state index in [1.54, 1.807) is 0 Å². The number of nitriles is 1. The molecule has 1 fully saturated rings. The van der Waals surface area contributed by atoms with Crippen LogP contribution in [0.4, 0.5) is 27.9 Å². The van der Waals surface area contributed by atoms with Gasteiger partial charge in [-0.05, 0) is 13.3 Å². The lowest BCUT2D eigenvalue weighted by molar-refractivity contribution is -0.147. The van der Waals surface area contributed by atoms with Crippen LogP contribution in [0.1, 0.15) is 30.5 Å². The van der Waals surface area contributed by atoms with Gasteiger partial charge in [0.1, 0.15) is 23.3 Å². The summed E-state index contributed by atoms with van der Waals surface area (Å²) in [4.78, 5) is 3.80. The van der Waals surface area contributed by atoms with Crippen LogP contribution in [-0.4, -0.2) is 65.1 Å². The number of rotatable bonds is 4. The van der Waals surface area contributed by atoms with Gasteiger partial charge in [-0.3, -0.25) is 0 Å². The molecule has 0 amide bonds. The summed E-state index contributed by atoms with van der Waals surface area (Å²) >= 11 is 0. The Balaban J connectivity index is 1.95. The topological polar surface area (TPSA) is 103 Å². The van der Waals surface area contributed by atoms with E-state index in [1.807, 2.05) is 0 Å². The number of nitrogens with one attached hydrogen (secondary N) is 1. The van der Waals surface area contributed by atoms with Crippen LogP contribution in [0.15, 0.2) is 6.20 Å². The number of sulfonamides is 1. The molecule has 3 heterocycles. The third-order valence-corrected chi connectivity index (χ3v) is 6.23. The molecule has 0 spiro atoms. The summed E-state index contributed by atoms with van der Waals surface area (Å²) in [6.45, 7) is 0.411. The highest BCUT2D eigenvalue weighted by Crippen LogP contribution is 2.38. The van der Waals surface area contributed by atoms with Gasteiger partial charge in [-0.15, -0.1) is 5.10 Å². The van der Waals surface area contributed by atoms with Crippen molar-refractivity contribution in [3.8, 4) is 6.07 Å². The number of alkyl halides is 4. The van der Waals surface area contributed by atoms with Crippen LogP contribution in [0.3, 0.4) is 0 Å². The van der Waals surface area contributed by atoms with E-state index in [9.17, 15) is 30.4 Å². The number of hydrogen-bond acceptors (Lipinski definition) is 6. The van der Waals surface area contributed by atoms with E-state index in [0.29, 0.717) is 4.52 Å². The zero-order chi connectivity index (χ0) is 22.4. The second kappa shape index (κ2) is 7.62. The van der Waals surface area contributed by atoms with Gasteiger partial charge in [0.2, 0.25) is 16.0 Å². The second-order valence-electron chi connectivity index (χ2n) is 7.00. The molecule has 0 saturated carbocycles. The highest BCUT2D eigenvalue weighted by atomic mass is 32.2. The van der Waals surface area contributed by atoms with Crippen molar-refractivity contribution in [3.63, 3.8) is 0 Å². The third kappa shape index (κ3) is 4.04. The molecule has 1 aliphatic rings. The molecule has 164 valence electrons. The first-order valence-electron chi connectivity index (χ1n) is 8.74. The van der Waals surface area contributed by atoms with Gasteiger partial charge in [0, 0.05) is 13.1 Å². The Hall–Kier alpha value is -2.53. The minimum absolute atomic E-state index is 0.0340. The van der Waals surface area contributed by atoms with E-state index >= 15 is 0 Å². The zero-order valence-electron chi connectivity index (χ0n) is 15.8. The van der Waals surface area contributed by atoms with Crippen LogP contribution < -0.4 is 5.32 Å². The van der Waals surface area contributed by atoms with Crippen molar-refractivity contribution in [3.05, 3.63) is 23.3 Å². The standard InChI is InChI=1S/C16H17F5N6O2S/c1-8(16(19,20)21)14-9(5-22)13(18)12-6-23-15(25-27(12)14)24-11-3-4-26(7-10(11)17)30(2,28)29/h6,8,10-11H,3-4,7H2,1-2H3,(H,24,25)/t8-,10+,11+/m0/s1. The quantitative estimate of drug-likeness (QED) is 0.714. The second-order valence-corrected chi connectivity index (χ2v) is 8.99. The average Bonchev–Trinajstić information content (AvgIpc) is 2.92. The lowest BCUT2D eigenvalue weighted by Gasteiger charge is -2.33. The number of anilines is 1. The predicted molar refractivity (Wildman–Crippen MR) is 95.5 cm³/mol. The van der Waals surface area contributed by atoms with Crippen LogP contribution in [0.5, 0.6) is 0 Å². The summed E-state index contributed by atoms with van der Waals surface area (Å²) in [5.41, 5.74) is -1.91. The summed E-state index contributed by atoms with van der Waals surface area (Å²) in [6.07, 6.45) is -4.46. The molecular weight excluding hydrogens is 435 g/mol. The van der Waals surface area contributed by atoms with Crippen LogP contribution >= 0.6 is 0 Å². The fourth-order valence-corrected chi connectivity index (χ4v) is 4.12. The molecule has 0 radical (unpaired) electrons. The first-order valence-corrected chi connectivity index (χ1v) is 10.6. The lowest BCUT2D eigenvalue weighted by atomic mass is 10.0. The van der Waals surface area contributed by atoms with Crippen molar-refractivity contribution >= 4 is 21.5 Å². The van der Waals surface area contributed by atoms with Crippen molar-refractivity contribution in [1.29, 1.82) is 5.26 Å². The van der Waals surface area contributed by atoms with Crippen molar-refractivity contribution in [2.75, 3.05) is 24.7 Å². The largest absolute Gasteiger partial charge is 0.397 e. The molecule has 0 aliphatic carbocycles. The Labute approximate surface area is 168 Å². The normalized spacial score (nSPS) is 22.1. The first kappa shape index (κ1) is 22.2. The highest BCUT2D eigenvalue weighted by molar-refractivity contribution is 7.88. The maximum atomic E-state index is 14.4. The van der Waals surface area contributed by atoms with Gasteiger partial charge in [0.05, 0.1) is 30.1 Å². The third-order valence-electron chi connectivity index (χ3n) is 4.96. The molecule has 3 rings (SSSR count). The SMILES string of the molecule is C[C@@H](c1c(C#N)c(F)c2cnc(N[C@@H]3CCN(S(C)(=O)=O)C[C@H]3F)nn12)C(F)(F)F. The Morgan fingerprint density at radius 2 is 2.07 bits per heavy atom. The van der Waals surface area contributed by atoms with Crippen molar-refractivity contribution < 1.29 is 30.4 Å². The number of nitrogens with zero attached hydrogens (tertiary/aromatic N) is 5. The molecule has 2 aromatic heterocycles. The zero-order valence-corrected chi connectivity index (χ0v) is 16.6. The Morgan fingerprint density at radius 1 is 1.40 bits per heavy atom. The van der Waals surface area contributed by atoms with Gasteiger partial charge in [-0.1, -0.05) is 0 Å². The highest BCUT2D eigenvalue weighted by Gasteiger charge is 2.42. The fraction of sp³-hybridized carbons (Fsp3) is 0.562. The molecule has 2 aromatic rings. The van der Waals surface area contributed by atoms with Crippen molar-refractivity contribution in [2.24, 2.45) is 0 Å². The molecule has 0 bridgehead atoms. The minimum atomic E-state index is -4.76. The van der Waals surface area contributed by atoms with Gasteiger partial charge in [-0.2, -0.15) is 22.7 Å². The van der Waals surface area contributed by atoms with E-state index in [0.717, 1.165) is 23.7 Å². The molecular formula is C16H17F5N6O2S. The maximum Gasteiger partial charge on any atom is 0.397 e. The number of halogens is 5. The van der Waals surface area contributed by atoms with Gasteiger partial charge < -0.3 is 5.32 Å². The van der Waals surface area contributed by atoms with Crippen LogP contribution in [-0.2, 0) is 10.0 Å².